The lowest BCUT2D eigenvalue weighted by molar-refractivity contribution is -0.139. The number of methoxy groups -OCH3 is 1. The highest BCUT2D eigenvalue weighted by atomic mass is 19.3. The van der Waals surface area contributed by atoms with Crippen molar-refractivity contribution < 1.29 is 32.6 Å². The molecular weight excluding hydrogens is 545 g/mol. The van der Waals surface area contributed by atoms with E-state index >= 15 is 0 Å². The van der Waals surface area contributed by atoms with E-state index in [4.69, 9.17) is 4.74 Å². The number of nitrogens with one attached hydrogen (secondary N) is 1. The molecule has 0 aliphatic carbocycles. The van der Waals surface area contributed by atoms with E-state index < -0.39 is 30.2 Å². The van der Waals surface area contributed by atoms with Crippen molar-refractivity contribution in [1.29, 1.82) is 0 Å². The van der Waals surface area contributed by atoms with Crippen molar-refractivity contribution in [3.63, 3.8) is 0 Å². The molecule has 0 saturated carbocycles. The van der Waals surface area contributed by atoms with Gasteiger partial charge in [-0.15, -0.1) is 0 Å². The number of nitrogens with zero attached hydrogens (tertiary/aromatic N) is 1. The second kappa shape index (κ2) is 12.2. The van der Waals surface area contributed by atoms with Gasteiger partial charge in [0.2, 0.25) is 0 Å². The standard InChI is InChI=1S/C33H31F3N2O4/c1-19-6-3-11-26(34)30(19)32(39)37-27(33(40)41)16-20-7-4-9-24-22(20)8-5-10-25(24)31-23-14-15-38(18-29(35)36)17-21(23)12-13-28(31)42-2/h3-13,27,29H,14-18H2,1-2H3,(H,37,39)(H,40,41)/t27-/m0/s1. The highest BCUT2D eigenvalue weighted by molar-refractivity contribution is 6.01. The van der Waals surface area contributed by atoms with E-state index in [0.29, 0.717) is 36.4 Å². The summed E-state index contributed by atoms with van der Waals surface area (Å²) in [6.07, 6.45) is -1.86. The first-order valence-electron chi connectivity index (χ1n) is 13.7. The van der Waals surface area contributed by atoms with Crippen LogP contribution in [0.5, 0.6) is 5.75 Å². The number of hydrogen-bond donors (Lipinski definition) is 2. The maximum absolute atomic E-state index is 14.4. The van der Waals surface area contributed by atoms with E-state index in [-0.39, 0.29) is 18.5 Å². The fourth-order valence-corrected chi connectivity index (χ4v) is 5.85. The quantitative estimate of drug-likeness (QED) is 0.255. The van der Waals surface area contributed by atoms with E-state index in [1.807, 2.05) is 48.5 Å². The Morgan fingerprint density at radius 2 is 1.76 bits per heavy atom. The number of carbonyl (C=O) groups is 2. The molecule has 1 aliphatic rings. The number of hydrogen-bond acceptors (Lipinski definition) is 4. The molecule has 0 spiro atoms. The Kier molecular flexibility index (Phi) is 8.49. The van der Waals surface area contributed by atoms with Crippen LogP contribution >= 0.6 is 0 Å². The molecule has 0 unspecified atom stereocenters. The summed E-state index contributed by atoms with van der Waals surface area (Å²) in [5, 5.41) is 14.1. The third-order valence-electron chi connectivity index (χ3n) is 7.82. The van der Waals surface area contributed by atoms with Crippen molar-refractivity contribution in [2.45, 2.75) is 38.8 Å². The zero-order valence-electron chi connectivity index (χ0n) is 23.3. The zero-order valence-corrected chi connectivity index (χ0v) is 23.3. The van der Waals surface area contributed by atoms with Gasteiger partial charge in [-0.3, -0.25) is 9.69 Å². The van der Waals surface area contributed by atoms with Crippen molar-refractivity contribution >= 4 is 22.6 Å². The fraction of sp³-hybridized carbons (Fsp3) is 0.273. The van der Waals surface area contributed by atoms with Crippen LogP contribution in [-0.2, 0) is 24.2 Å². The zero-order chi connectivity index (χ0) is 30.0. The summed E-state index contributed by atoms with van der Waals surface area (Å²) in [7, 11) is 1.59. The van der Waals surface area contributed by atoms with Crippen molar-refractivity contribution in [3.8, 4) is 16.9 Å². The summed E-state index contributed by atoms with van der Waals surface area (Å²) in [5.41, 5.74) is 4.67. The molecule has 1 aliphatic heterocycles. The Morgan fingerprint density at radius 1 is 1.02 bits per heavy atom. The van der Waals surface area contributed by atoms with Gasteiger partial charge in [-0.2, -0.15) is 0 Å². The SMILES string of the molecule is COc1ccc2c(c1-c1cccc3c(C[C@H](NC(=O)c4c(C)cccc4F)C(=O)O)cccc13)CCN(CC(F)F)C2. The average Bonchev–Trinajstić information content (AvgIpc) is 2.95. The molecule has 2 N–H and O–H groups in total. The summed E-state index contributed by atoms with van der Waals surface area (Å²) >= 11 is 0. The third kappa shape index (κ3) is 5.83. The number of carboxylic acids is 1. The molecule has 0 saturated heterocycles. The number of benzene rings is 4. The van der Waals surface area contributed by atoms with Crippen LogP contribution < -0.4 is 10.1 Å². The van der Waals surface area contributed by atoms with Crippen molar-refractivity contribution in [3.05, 3.63) is 100 Å². The number of halogens is 3. The molecule has 5 rings (SSSR count). The summed E-state index contributed by atoms with van der Waals surface area (Å²) in [6.45, 7) is 2.21. The molecule has 218 valence electrons. The number of aliphatic carboxylic acids is 1. The third-order valence-corrected chi connectivity index (χ3v) is 7.82. The van der Waals surface area contributed by atoms with Crippen LogP contribution in [0.1, 0.15) is 32.6 Å². The second-order valence-corrected chi connectivity index (χ2v) is 10.5. The molecule has 0 fully saturated rings. The fourth-order valence-electron chi connectivity index (χ4n) is 5.85. The van der Waals surface area contributed by atoms with Gasteiger partial charge >= 0.3 is 5.97 Å². The lowest BCUT2D eigenvalue weighted by atomic mass is 9.86. The number of aryl methyl sites for hydroxylation is 1. The van der Waals surface area contributed by atoms with Crippen LogP contribution in [0.15, 0.2) is 66.7 Å². The number of amides is 1. The van der Waals surface area contributed by atoms with Gasteiger partial charge in [0.15, 0.2) is 0 Å². The van der Waals surface area contributed by atoms with Crippen LogP contribution in [0.25, 0.3) is 21.9 Å². The Morgan fingerprint density at radius 3 is 2.48 bits per heavy atom. The predicted octanol–water partition coefficient (Wildman–Crippen LogP) is 6.01. The summed E-state index contributed by atoms with van der Waals surface area (Å²) in [6, 6.07) is 18.0. The minimum atomic E-state index is -2.41. The summed E-state index contributed by atoms with van der Waals surface area (Å²) < 4.78 is 46.3. The Balaban J connectivity index is 1.52. The maximum atomic E-state index is 14.4. The smallest absolute Gasteiger partial charge is 0.326 e. The Labute approximate surface area is 241 Å². The minimum Gasteiger partial charge on any atom is -0.496 e. The van der Waals surface area contributed by atoms with Crippen LogP contribution in [0.4, 0.5) is 13.2 Å². The topological polar surface area (TPSA) is 78.9 Å². The molecule has 0 bridgehead atoms. The molecule has 6 nitrogen and oxygen atoms in total. The Hall–Kier alpha value is -4.37. The van der Waals surface area contributed by atoms with Crippen LogP contribution in [-0.4, -0.2) is 54.5 Å². The van der Waals surface area contributed by atoms with Gasteiger partial charge in [-0.25, -0.2) is 18.0 Å². The molecule has 1 atom stereocenters. The van der Waals surface area contributed by atoms with Crippen LogP contribution in [0.2, 0.25) is 0 Å². The van der Waals surface area contributed by atoms with Gasteiger partial charge in [0.25, 0.3) is 12.3 Å². The minimum absolute atomic E-state index is 0.0258. The summed E-state index contributed by atoms with van der Waals surface area (Å²) in [5.74, 6) is -2.09. The molecule has 4 aromatic rings. The Bertz CT molecular complexity index is 1640. The molecule has 1 heterocycles. The summed E-state index contributed by atoms with van der Waals surface area (Å²) in [4.78, 5) is 26.9. The van der Waals surface area contributed by atoms with Gasteiger partial charge in [0.05, 0.1) is 19.2 Å². The first-order chi connectivity index (χ1) is 20.2. The molecule has 9 heteroatoms. The molecule has 4 aromatic carbocycles. The molecule has 0 radical (unpaired) electrons. The van der Waals surface area contributed by atoms with Gasteiger partial charge < -0.3 is 15.2 Å². The second-order valence-electron chi connectivity index (χ2n) is 10.5. The highest BCUT2D eigenvalue weighted by Crippen LogP contribution is 2.41. The molecule has 42 heavy (non-hydrogen) atoms. The lowest BCUT2D eigenvalue weighted by Gasteiger charge is -2.31. The van der Waals surface area contributed by atoms with Gasteiger partial charge in [-0.1, -0.05) is 54.6 Å². The molecular formula is C33H31F3N2O4. The van der Waals surface area contributed by atoms with Gasteiger partial charge in [0, 0.05) is 25.1 Å². The van der Waals surface area contributed by atoms with Gasteiger partial charge in [-0.05, 0) is 64.1 Å². The van der Waals surface area contributed by atoms with Crippen molar-refractivity contribution in [2.75, 3.05) is 20.2 Å². The first-order valence-corrected chi connectivity index (χ1v) is 13.7. The predicted molar refractivity (Wildman–Crippen MR) is 155 cm³/mol. The maximum Gasteiger partial charge on any atom is 0.326 e. The largest absolute Gasteiger partial charge is 0.496 e. The first kappa shape index (κ1) is 29.1. The van der Waals surface area contributed by atoms with Crippen molar-refractivity contribution in [2.24, 2.45) is 0 Å². The van der Waals surface area contributed by atoms with E-state index in [1.165, 1.54) is 6.07 Å². The number of rotatable bonds is 9. The number of carbonyl (C=O) groups excluding carboxylic acids is 1. The number of carboxylic acid groups (broad SMARTS) is 1. The monoisotopic (exact) mass is 576 g/mol. The lowest BCUT2D eigenvalue weighted by Crippen LogP contribution is -2.42. The number of alkyl halides is 2. The average molecular weight is 577 g/mol. The van der Waals surface area contributed by atoms with Crippen LogP contribution in [0, 0.1) is 12.7 Å². The highest BCUT2D eigenvalue weighted by Gasteiger charge is 2.27. The van der Waals surface area contributed by atoms with E-state index in [1.54, 1.807) is 25.0 Å². The van der Waals surface area contributed by atoms with E-state index in [9.17, 15) is 27.9 Å². The van der Waals surface area contributed by atoms with Gasteiger partial charge in [0.1, 0.15) is 17.6 Å². The number of fused-ring (bicyclic) bond motifs is 2. The van der Waals surface area contributed by atoms with Crippen LogP contribution in [0.3, 0.4) is 0 Å². The van der Waals surface area contributed by atoms with E-state index in [0.717, 1.165) is 39.1 Å². The normalized spacial score (nSPS) is 14.0. The molecule has 0 aromatic heterocycles. The number of ether oxygens (including phenoxy) is 1. The molecule has 1 amide bonds. The van der Waals surface area contributed by atoms with E-state index in [2.05, 4.69) is 5.32 Å². The van der Waals surface area contributed by atoms with Crippen molar-refractivity contribution in [1.82, 2.24) is 10.2 Å².